The number of carbonyl (C=O) groups is 1. The van der Waals surface area contributed by atoms with Gasteiger partial charge in [0.1, 0.15) is 0 Å². The minimum absolute atomic E-state index is 0.00876. The molecule has 0 heterocycles. The van der Waals surface area contributed by atoms with Gasteiger partial charge in [0.15, 0.2) is 0 Å². The SMILES string of the molecule is NCCCCNC(=O)c1cccc(I)c1. The van der Waals surface area contributed by atoms with Gasteiger partial charge in [-0.3, -0.25) is 4.79 Å². The highest BCUT2D eigenvalue weighted by Gasteiger charge is 2.03. The summed E-state index contributed by atoms with van der Waals surface area (Å²) in [5.74, 6) is -0.00876. The van der Waals surface area contributed by atoms with E-state index in [1.165, 1.54) is 0 Å². The van der Waals surface area contributed by atoms with Crippen LogP contribution in [-0.2, 0) is 0 Å². The number of hydrogen-bond donors (Lipinski definition) is 2. The molecule has 0 aliphatic heterocycles. The van der Waals surface area contributed by atoms with E-state index in [4.69, 9.17) is 5.73 Å². The molecule has 1 amide bonds. The van der Waals surface area contributed by atoms with Gasteiger partial charge in [0.2, 0.25) is 0 Å². The minimum atomic E-state index is -0.00876. The third-order valence-electron chi connectivity index (χ3n) is 2.00. The predicted molar refractivity (Wildman–Crippen MR) is 69.8 cm³/mol. The van der Waals surface area contributed by atoms with Gasteiger partial charge in [-0.05, 0) is 60.2 Å². The summed E-state index contributed by atoms with van der Waals surface area (Å²) in [5.41, 5.74) is 6.08. The van der Waals surface area contributed by atoms with Crippen LogP contribution in [0.4, 0.5) is 0 Å². The lowest BCUT2D eigenvalue weighted by atomic mass is 10.2. The maximum absolute atomic E-state index is 11.6. The van der Waals surface area contributed by atoms with Crippen molar-refractivity contribution in [2.24, 2.45) is 5.73 Å². The zero-order chi connectivity index (χ0) is 11.1. The molecule has 0 radical (unpaired) electrons. The Morgan fingerprint density at radius 1 is 1.40 bits per heavy atom. The van der Waals surface area contributed by atoms with Crippen molar-refractivity contribution in [1.82, 2.24) is 5.32 Å². The standard InChI is InChI=1S/C11H15IN2O/c12-10-5-3-4-9(8-10)11(15)14-7-2-1-6-13/h3-5,8H,1-2,6-7,13H2,(H,14,15). The van der Waals surface area contributed by atoms with E-state index in [2.05, 4.69) is 27.9 Å². The molecule has 3 N–H and O–H groups in total. The Bertz CT molecular complexity index is 328. The second-order valence-corrected chi connectivity index (χ2v) is 4.51. The zero-order valence-electron chi connectivity index (χ0n) is 8.50. The molecule has 1 aromatic rings. The van der Waals surface area contributed by atoms with E-state index in [0.717, 1.165) is 22.0 Å². The van der Waals surface area contributed by atoms with Crippen molar-refractivity contribution in [3.05, 3.63) is 33.4 Å². The van der Waals surface area contributed by atoms with Crippen molar-refractivity contribution in [1.29, 1.82) is 0 Å². The van der Waals surface area contributed by atoms with E-state index in [0.29, 0.717) is 13.1 Å². The first kappa shape index (κ1) is 12.4. The molecule has 0 aliphatic rings. The van der Waals surface area contributed by atoms with Gasteiger partial charge in [0.05, 0.1) is 0 Å². The van der Waals surface area contributed by atoms with Crippen molar-refractivity contribution in [2.75, 3.05) is 13.1 Å². The number of rotatable bonds is 5. The second kappa shape index (κ2) is 6.79. The van der Waals surface area contributed by atoms with Crippen molar-refractivity contribution < 1.29 is 4.79 Å². The Kier molecular flexibility index (Phi) is 5.63. The zero-order valence-corrected chi connectivity index (χ0v) is 10.7. The highest BCUT2D eigenvalue weighted by molar-refractivity contribution is 14.1. The highest BCUT2D eigenvalue weighted by atomic mass is 127. The monoisotopic (exact) mass is 318 g/mol. The third-order valence-corrected chi connectivity index (χ3v) is 2.67. The molecule has 0 fully saturated rings. The summed E-state index contributed by atoms with van der Waals surface area (Å²) in [6.45, 7) is 1.38. The molecule has 1 aromatic carbocycles. The molecular formula is C11H15IN2O. The van der Waals surface area contributed by atoms with Crippen molar-refractivity contribution in [3.8, 4) is 0 Å². The summed E-state index contributed by atoms with van der Waals surface area (Å²) < 4.78 is 1.07. The van der Waals surface area contributed by atoms with Gasteiger partial charge in [0.25, 0.3) is 5.91 Å². The minimum Gasteiger partial charge on any atom is -0.352 e. The summed E-state index contributed by atoms with van der Waals surface area (Å²) in [7, 11) is 0. The van der Waals surface area contributed by atoms with Crippen LogP contribution in [0.25, 0.3) is 0 Å². The summed E-state index contributed by atoms with van der Waals surface area (Å²) in [6.07, 6.45) is 1.89. The number of carbonyl (C=O) groups excluding carboxylic acids is 1. The Morgan fingerprint density at radius 2 is 2.20 bits per heavy atom. The third kappa shape index (κ3) is 4.61. The summed E-state index contributed by atoms with van der Waals surface area (Å²) >= 11 is 2.19. The van der Waals surface area contributed by atoms with Gasteiger partial charge in [-0.1, -0.05) is 6.07 Å². The van der Waals surface area contributed by atoms with Crippen LogP contribution in [0.5, 0.6) is 0 Å². The van der Waals surface area contributed by atoms with Gasteiger partial charge in [-0.2, -0.15) is 0 Å². The summed E-state index contributed by atoms with van der Waals surface area (Å²) in [5, 5.41) is 2.86. The fourth-order valence-corrected chi connectivity index (χ4v) is 1.75. The number of nitrogens with one attached hydrogen (secondary N) is 1. The molecule has 0 aromatic heterocycles. The van der Waals surface area contributed by atoms with Gasteiger partial charge in [0, 0.05) is 15.7 Å². The fraction of sp³-hybridized carbons (Fsp3) is 0.364. The number of hydrogen-bond acceptors (Lipinski definition) is 2. The van der Waals surface area contributed by atoms with E-state index in [-0.39, 0.29) is 5.91 Å². The molecule has 4 heteroatoms. The molecule has 1 rings (SSSR count). The first-order chi connectivity index (χ1) is 7.24. The van der Waals surface area contributed by atoms with E-state index in [9.17, 15) is 4.79 Å². The maximum atomic E-state index is 11.6. The van der Waals surface area contributed by atoms with Gasteiger partial charge >= 0.3 is 0 Å². The van der Waals surface area contributed by atoms with Crippen LogP contribution < -0.4 is 11.1 Å². The van der Waals surface area contributed by atoms with Crippen molar-refractivity contribution >= 4 is 28.5 Å². The molecular weight excluding hydrogens is 303 g/mol. The lowest BCUT2D eigenvalue weighted by Gasteiger charge is -2.04. The van der Waals surface area contributed by atoms with Crippen LogP contribution in [0.15, 0.2) is 24.3 Å². The highest BCUT2D eigenvalue weighted by Crippen LogP contribution is 2.07. The largest absolute Gasteiger partial charge is 0.352 e. The topological polar surface area (TPSA) is 55.1 Å². The average molecular weight is 318 g/mol. The molecule has 82 valence electrons. The maximum Gasteiger partial charge on any atom is 0.251 e. The van der Waals surface area contributed by atoms with Gasteiger partial charge in [-0.25, -0.2) is 0 Å². The number of halogens is 1. The van der Waals surface area contributed by atoms with E-state index in [1.54, 1.807) is 0 Å². The number of benzene rings is 1. The first-order valence-electron chi connectivity index (χ1n) is 4.98. The van der Waals surface area contributed by atoms with Crippen LogP contribution in [0.2, 0.25) is 0 Å². The second-order valence-electron chi connectivity index (χ2n) is 3.26. The molecule has 0 unspecified atom stereocenters. The number of nitrogens with two attached hydrogens (primary N) is 1. The summed E-state index contributed by atoms with van der Waals surface area (Å²) in [4.78, 5) is 11.6. The molecule has 15 heavy (non-hydrogen) atoms. The number of amides is 1. The van der Waals surface area contributed by atoms with E-state index < -0.39 is 0 Å². The van der Waals surface area contributed by atoms with E-state index in [1.807, 2.05) is 24.3 Å². The van der Waals surface area contributed by atoms with Crippen LogP contribution in [0.1, 0.15) is 23.2 Å². The molecule has 0 saturated heterocycles. The van der Waals surface area contributed by atoms with Crippen LogP contribution in [0.3, 0.4) is 0 Å². The van der Waals surface area contributed by atoms with Gasteiger partial charge in [-0.15, -0.1) is 0 Å². The summed E-state index contributed by atoms with van der Waals surface area (Å²) in [6, 6.07) is 7.54. The quantitative estimate of drug-likeness (QED) is 0.642. The lowest BCUT2D eigenvalue weighted by Crippen LogP contribution is -2.24. The Morgan fingerprint density at radius 3 is 2.87 bits per heavy atom. The Balaban J connectivity index is 2.40. The van der Waals surface area contributed by atoms with E-state index >= 15 is 0 Å². The average Bonchev–Trinajstić information content (AvgIpc) is 2.24. The number of unbranched alkanes of at least 4 members (excludes halogenated alkanes) is 1. The smallest absolute Gasteiger partial charge is 0.251 e. The fourth-order valence-electron chi connectivity index (χ4n) is 1.20. The first-order valence-corrected chi connectivity index (χ1v) is 6.06. The van der Waals surface area contributed by atoms with Crippen molar-refractivity contribution in [2.45, 2.75) is 12.8 Å². The molecule has 0 spiro atoms. The molecule has 0 atom stereocenters. The molecule has 0 aliphatic carbocycles. The molecule has 0 bridgehead atoms. The lowest BCUT2D eigenvalue weighted by molar-refractivity contribution is 0.0953. The molecule has 0 saturated carbocycles. The van der Waals surface area contributed by atoms with Gasteiger partial charge < -0.3 is 11.1 Å². The predicted octanol–water partition coefficient (Wildman–Crippen LogP) is 1.76. The van der Waals surface area contributed by atoms with Crippen molar-refractivity contribution in [3.63, 3.8) is 0 Å². The van der Waals surface area contributed by atoms with Crippen LogP contribution >= 0.6 is 22.6 Å². The molecule has 3 nitrogen and oxygen atoms in total. The van der Waals surface area contributed by atoms with Crippen LogP contribution in [-0.4, -0.2) is 19.0 Å². The normalized spacial score (nSPS) is 10.0. The Labute approximate surface area is 104 Å². The Hall–Kier alpha value is -0.620. The van der Waals surface area contributed by atoms with Crippen LogP contribution in [0, 0.1) is 3.57 Å².